The number of benzene rings is 2. The number of ether oxygens (including phenoxy) is 2. The zero-order valence-electron chi connectivity index (χ0n) is 21.8. The molecule has 0 bridgehead atoms. The number of piperidine rings is 1. The number of nitrogens with zero attached hydrogens (tertiary/aromatic N) is 2. The fourth-order valence-electron chi connectivity index (χ4n) is 5.89. The minimum absolute atomic E-state index is 0.186. The SMILES string of the molecule is CC(C)(C)OC(=O)c1ccc2oc(-c3ccc(C4CC45CCN(C(=O)C4CCCO4)CC5)cc3)nc2c1. The first kappa shape index (κ1) is 24.2. The maximum atomic E-state index is 12.7. The monoisotopic (exact) mass is 502 g/mol. The lowest BCUT2D eigenvalue weighted by Gasteiger charge is -2.34. The van der Waals surface area contributed by atoms with Gasteiger partial charge in [0.05, 0.1) is 5.56 Å². The zero-order valence-corrected chi connectivity index (χ0v) is 21.8. The number of aromatic nitrogens is 1. The van der Waals surface area contributed by atoms with Crippen molar-refractivity contribution in [1.29, 1.82) is 0 Å². The summed E-state index contributed by atoms with van der Waals surface area (Å²) >= 11 is 0. The Labute approximate surface area is 217 Å². The lowest BCUT2D eigenvalue weighted by atomic mass is 9.88. The smallest absolute Gasteiger partial charge is 0.338 e. The summed E-state index contributed by atoms with van der Waals surface area (Å²) in [5, 5.41) is 0. The Kier molecular flexibility index (Phi) is 5.86. The third kappa shape index (κ3) is 4.77. The Morgan fingerprint density at radius 2 is 1.84 bits per heavy atom. The standard InChI is InChI=1S/C30H34N2O5/c1-29(2,3)37-28(34)21-10-11-24-23(17-21)31-26(36-24)20-8-6-19(7-9-20)22-18-30(22)12-14-32(15-13-30)27(33)25-5-4-16-35-25/h6-11,17,22,25H,4-5,12-16,18H2,1-3H3. The van der Waals surface area contributed by atoms with Crippen LogP contribution in [0.1, 0.15) is 74.7 Å². The van der Waals surface area contributed by atoms with E-state index in [4.69, 9.17) is 13.9 Å². The molecule has 1 saturated carbocycles. The topological polar surface area (TPSA) is 81.9 Å². The zero-order chi connectivity index (χ0) is 25.8. The molecule has 7 heteroatoms. The molecule has 3 fully saturated rings. The van der Waals surface area contributed by atoms with Crippen molar-refractivity contribution in [3.8, 4) is 11.5 Å². The van der Waals surface area contributed by atoms with Crippen LogP contribution in [0.3, 0.4) is 0 Å². The van der Waals surface area contributed by atoms with Crippen LogP contribution in [0.5, 0.6) is 0 Å². The molecule has 194 valence electrons. The molecule has 0 N–H and O–H groups in total. The van der Waals surface area contributed by atoms with Gasteiger partial charge in [-0.25, -0.2) is 9.78 Å². The van der Waals surface area contributed by atoms with Crippen LogP contribution < -0.4 is 0 Å². The number of rotatable bonds is 4. The van der Waals surface area contributed by atoms with Crippen LogP contribution >= 0.6 is 0 Å². The summed E-state index contributed by atoms with van der Waals surface area (Å²) in [4.78, 5) is 31.8. The molecule has 2 aromatic carbocycles. The molecule has 1 aliphatic carbocycles. The predicted molar refractivity (Wildman–Crippen MR) is 139 cm³/mol. The average Bonchev–Trinajstić information content (AvgIpc) is 3.23. The van der Waals surface area contributed by atoms with E-state index in [1.807, 2.05) is 25.7 Å². The van der Waals surface area contributed by atoms with E-state index < -0.39 is 5.60 Å². The highest BCUT2D eigenvalue weighted by Crippen LogP contribution is 2.65. The normalized spacial score (nSPS) is 22.9. The van der Waals surface area contributed by atoms with Gasteiger partial charge in [0.1, 0.15) is 17.2 Å². The summed E-state index contributed by atoms with van der Waals surface area (Å²) < 4.78 is 17.1. The Morgan fingerprint density at radius 3 is 2.51 bits per heavy atom. The van der Waals surface area contributed by atoms with Crippen LogP contribution in [0.4, 0.5) is 0 Å². The van der Waals surface area contributed by atoms with Crippen LogP contribution in [-0.4, -0.2) is 53.2 Å². The fourth-order valence-corrected chi connectivity index (χ4v) is 5.89. The summed E-state index contributed by atoms with van der Waals surface area (Å²) in [5.74, 6) is 0.894. The Morgan fingerprint density at radius 1 is 1.08 bits per heavy atom. The average molecular weight is 503 g/mol. The molecule has 1 aromatic heterocycles. The number of esters is 1. The van der Waals surface area contributed by atoms with Crippen LogP contribution in [0.2, 0.25) is 0 Å². The molecule has 2 aliphatic heterocycles. The van der Waals surface area contributed by atoms with E-state index in [1.54, 1.807) is 18.2 Å². The molecule has 7 nitrogen and oxygen atoms in total. The number of oxazole rings is 1. The Bertz CT molecular complexity index is 1320. The summed E-state index contributed by atoms with van der Waals surface area (Å²) in [5.41, 5.74) is 3.74. The van der Waals surface area contributed by atoms with Gasteiger partial charge >= 0.3 is 5.97 Å². The fraction of sp³-hybridized carbons (Fsp3) is 0.500. The molecule has 2 saturated heterocycles. The molecule has 37 heavy (non-hydrogen) atoms. The molecular weight excluding hydrogens is 468 g/mol. The number of likely N-dealkylation sites (tertiary alicyclic amines) is 1. The molecule has 0 radical (unpaired) electrons. The number of hydrogen-bond donors (Lipinski definition) is 0. The highest BCUT2D eigenvalue weighted by atomic mass is 16.6. The molecule has 2 atom stereocenters. The van der Waals surface area contributed by atoms with Crippen LogP contribution in [0.15, 0.2) is 46.9 Å². The third-order valence-electron chi connectivity index (χ3n) is 8.05. The van der Waals surface area contributed by atoms with E-state index in [-0.39, 0.29) is 18.0 Å². The van der Waals surface area contributed by atoms with Gasteiger partial charge in [0.15, 0.2) is 5.58 Å². The molecule has 2 unspecified atom stereocenters. The number of fused-ring (bicyclic) bond motifs is 1. The Balaban J connectivity index is 1.11. The highest BCUT2D eigenvalue weighted by molar-refractivity contribution is 5.93. The van der Waals surface area contributed by atoms with Crippen molar-refractivity contribution in [2.45, 2.75) is 70.5 Å². The molecule has 6 rings (SSSR count). The summed E-state index contributed by atoms with van der Waals surface area (Å²) in [6.45, 7) is 7.93. The number of hydrogen-bond acceptors (Lipinski definition) is 6. The lowest BCUT2D eigenvalue weighted by molar-refractivity contribution is -0.142. The van der Waals surface area contributed by atoms with Gasteiger partial charge in [0.25, 0.3) is 5.91 Å². The molecule has 3 aromatic rings. The first-order chi connectivity index (χ1) is 17.7. The van der Waals surface area contributed by atoms with Gasteiger partial charge in [0, 0.05) is 25.3 Å². The van der Waals surface area contributed by atoms with Crippen LogP contribution in [-0.2, 0) is 14.3 Å². The van der Waals surface area contributed by atoms with Crippen LogP contribution in [0.25, 0.3) is 22.6 Å². The van der Waals surface area contributed by atoms with Crippen molar-refractivity contribution in [2.24, 2.45) is 5.41 Å². The quantitative estimate of drug-likeness (QED) is 0.424. The van der Waals surface area contributed by atoms with E-state index >= 15 is 0 Å². The van der Waals surface area contributed by atoms with Crippen molar-refractivity contribution < 1.29 is 23.5 Å². The first-order valence-electron chi connectivity index (χ1n) is 13.4. The van der Waals surface area contributed by atoms with Crippen molar-refractivity contribution >= 4 is 23.0 Å². The largest absolute Gasteiger partial charge is 0.456 e. The van der Waals surface area contributed by atoms with Crippen molar-refractivity contribution in [1.82, 2.24) is 9.88 Å². The van der Waals surface area contributed by atoms with Gasteiger partial charge in [-0.1, -0.05) is 12.1 Å². The first-order valence-corrected chi connectivity index (χ1v) is 13.4. The molecular formula is C30H34N2O5. The molecule has 1 spiro atoms. The maximum absolute atomic E-state index is 12.7. The predicted octanol–water partition coefficient (Wildman–Crippen LogP) is 5.73. The van der Waals surface area contributed by atoms with Gasteiger partial charge in [-0.2, -0.15) is 0 Å². The lowest BCUT2D eigenvalue weighted by Crippen LogP contribution is -2.44. The number of amides is 1. The number of carbonyl (C=O) groups is 2. The molecule has 3 aliphatic rings. The number of carbonyl (C=O) groups excluding carboxylic acids is 2. The minimum Gasteiger partial charge on any atom is -0.456 e. The van der Waals surface area contributed by atoms with Gasteiger partial charge in [0.2, 0.25) is 5.89 Å². The Hall–Kier alpha value is -3.19. The van der Waals surface area contributed by atoms with E-state index in [1.165, 1.54) is 12.0 Å². The van der Waals surface area contributed by atoms with Gasteiger partial charge in [-0.05, 0) is 100 Å². The second kappa shape index (κ2) is 8.98. The van der Waals surface area contributed by atoms with E-state index in [2.05, 4.69) is 29.2 Å². The summed E-state index contributed by atoms with van der Waals surface area (Å²) in [6.07, 6.45) is 4.94. The molecule has 1 amide bonds. The highest BCUT2D eigenvalue weighted by Gasteiger charge is 2.55. The van der Waals surface area contributed by atoms with E-state index in [0.717, 1.165) is 44.3 Å². The second-order valence-electron chi connectivity index (χ2n) is 11.8. The van der Waals surface area contributed by atoms with Gasteiger partial charge < -0.3 is 18.8 Å². The maximum Gasteiger partial charge on any atom is 0.338 e. The van der Waals surface area contributed by atoms with Gasteiger partial charge in [-0.15, -0.1) is 0 Å². The summed E-state index contributed by atoms with van der Waals surface area (Å²) in [6, 6.07) is 13.7. The van der Waals surface area contributed by atoms with Crippen LogP contribution in [0, 0.1) is 5.41 Å². The summed E-state index contributed by atoms with van der Waals surface area (Å²) in [7, 11) is 0. The van der Waals surface area contributed by atoms with Crippen molar-refractivity contribution in [2.75, 3.05) is 19.7 Å². The minimum atomic E-state index is -0.554. The third-order valence-corrected chi connectivity index (χ3v) is 8.05. The second-order valence-corrected chi connectivity index (χ2v) is 11.8. The molecule has 3 heterocycles. The van der Waals surface area contributed by atoms with Crippen molar-refractivity contribution in [3.05, 3.63) is 53.6 Å². The van der Waals surface area contributed by atoms with Gasteiger partial charge in [-0.3, -0.25) is 4.79 Å². The van der Waals surface area contributed by atoms with Crippen molar-refractivity contribution in [3.63, 3.8) is 0 Å². The van der Waals surface area contributed by atoms with E-state index in [0.29, 0.717) is 40.5 Å². The van der Waals surface area contributed by atoms with E-state index in [9.17, 15) is 9.59 Å².